The zero-order valence-electron chi connectivity index (χ0n) is 22.1. The Morgan fingerprint density at radius 2 is 1.98 bits per heavy atom. The number of aliphatic carboxylic acids is 1. The number of rotatable bonds is 11. The SMILES string of the molecule is COc1ccc(Cl)c(F)c1Cn1c(-c2ccc(OCC[C@@H](C)C(=O)O)cc2Cl)nc2c(OC3(C)CC3)ncnc21. The molecule has 1 aliphatic rings. The first-order chi connectivity index (χ1) is 19.1. The molecule has 210 valence electrons. The molecule has 1 N–H and O–H groups in total. The average molecular weight is 589 g/mol. The molecule has 0 bridgehead atoms. The fourth-order valence-electron chi connectivity index (χ4n) is 4.17. The second-order valence-corrected chi connectivity index (χ2v) is 10.8. The molecule has 1 aliphatic carbocycles. The lowest BCUT2D eigenvalue weighted by atomic mass is 10.1. The van der Waals surface area contributed by atoms with Gasteiger partial charge in [0.1, 0.15) is 35.1 Å². The normalized spacial score (nSPS) is 14.7. The van der Waals surface area contributed by atoms with Gasteiger partial charge in [0.2, 0.25) is 5.88 Å². The van der Waals surface area contributed by atoms with Crippen LogP contribution in [0.5, 0.6) is 17.4 Å². The van der Waals surface area contributed by atoms with Crippen LogP contribution in [-0.4, -0.2) is 49.9 Å². The Balaban J connectivity index is 1.58. The maximum Gasteiger partial charge on any atom is 0.306 e. The topological polar surface area (TPSA) is 109 Å². The molecule has 1 atom stereocenters. The molecule has 2 aromatic carbocycles. The van der Waals surface area contributed by atoms with Gasteiger partial charge in [0, 0.05) is 5.56 Å². The lowest BCUT2D eigenvalue weighted by Crippen LogP contribution is -2.13. The molecule has 0 radical (unpaired) electrons. The Hall–Kier alpha value is -3.63. The maximum atomic E-state index is 15.3. The smallest absolute Gasteiger partial charge is 0.306 e. The number of carboxylic acids is 1. The van der Waals surface area contributed by atoms with Crippen molar-refractivity contribution >= 4 is 40.3 Å². The Bertz CT molecular complexity index is 1590. The minimum atomic E-state index is -0.884. The van der Waals surface area contributed by atoms with Gasteiger partial charge in [-0.05, 0) is 56.5 Å². The van der Waals surface area contributed by atoms with Crippen molar-refractivity contribution in [2.75, 3.05) is 13.7 Å². The first kappa shape index (κ1) is 27.9. The Labute approximate surface area is 239 Å². The summed E-state index contributed by atoms with van der Waals surface area (Å²) >= 11 is 12.8. The van der Waals surface area contributed by atoms with E-state index in [1.165, 1.54) is 19.5 Å². The fraction of sp³-hybridized carbons (Fsp3) is 0.357. The lowest BCUT2D eigenvalue weighted by molar-refractivity contribution is -0.141. The van der Waals surface area contributed by atoms with Crippen LogP contribution >= 0.6 is 23.2 Å². The summed E-state index contributed by atoms with van der Waals surface area (Å²) in [6, 6.07) is 8.11. The molecule has 0 aliphatic heterocycles. The average Bonchev–Trinajstić information content (AvgIpc) is 3.54. The Morgan fingerprint density at radius 1 is 1.20 bits per heavy atom. The van der Waals surface area contributed by atoms with E-state index in [-0.39, 0.29) is 29.3 Å². The van der Waals surface area contributed by atoms with Gasteiger partial charge in [0.05, 0.1) is 41.8 Å². The van der Waals surface area contributed by atoms with E-state index in [0.717, 1.165) is 12.8 Å². The third-order valence-corrected chi connectivity index (χ3v) is 7.51. The number of methoxy groups -OCH3 is 1. The van der Waals surface area contributed by atoms with Crippen LogP contribution in [0.1, 0.15) is 38.7 Å². The highest BCUT2D eigenvalue weighted by Crippen LogP contribution is 2.42. The zero-order valence-corrected chi connectivity index (χ0v) is 23.6. The number of ether oxygens (including phenoxy) is 3. The molecule has 0 unspecified atom stereocenters. The van der Waals surface area contributed by atoms with Crippen molar-refractivity contribution in [3.05, 3.63) is 58.1 Å². The number of carboxylic acid groups (broad SMARTS) is 1. The first-order valence-electron chi connectivity index (χ1n) is 12.7. The van der Waals surface area contributed by atoms with Crippen LogP contribution in [-0.2, 0) is 11.3 Å². The summed E-state index contributed by atoms with van der Waals surface area (Å²) in [6.07, 6.45) is 3.52. The monoisotopic (exact) mass is 588 g/mol. The van der Waals surface area contributed by atoms with Gasteiger partial charge in [-0.1, -0.05) is 30.1 Å². The molecule has 1 fully saturated rings. The van der Waals surface area contributed by atoms with Gasteiger partial charge in [0.25, 0.3) is 0 Å². The van der Waals surface area contributed by atoms with Crippen molar-refractivity contribution in [1.29, 1.82) is 0 Å². The van der Waals surface area contributed by atoms with Gasteiger partial charge in [-0.25, -0.2) is 14.4 Å². The van der Waals surface area contributed by atoms with Gasteiger partial charge in [-0.3, -0.25) is 4.79 Å². The summed E-state index contributed by atoms with van der Waals surface area (Å²) < 4.78 is 34.3. The van der Waals surface area contributed by atoms with Gasteiger partial charge in [-0.2, -0.15) is 4.98 Å². The van der Waals surface area contributed by atoms with Gasteiger partial charge in [0.15, 0.2) is 11.2 Å². The van der Waals surface area contributed by atoms with E-state index < -0.39 is 17.7 Å². The number of imidazole rings is 1. The van der Waals surface area contributed by atoms with E-state index in [1.807, 2.05) is 6.92 Å². The van der Waals surface area contributed by atoms with Crippen molar-refractivity contribution in [3.63, 3.8) is 0 Å². The molecule has 9 nitrogen and oxygen atoms in total. The van der Waals surface area contributed by atoms with E-state index in [4.69, 9.17) is 47.5 Å². The summed E-state index contributed by atoms with van der Waals surface area (Å²) in [5.41, 5.74) is 1.27. The van der Waals surface area contributed by atoms with Gasteiger partial charge >= 0.3 is 5.97 Å². The molecule has 0 saturated heterocycles. The second kappa shape index (κ2) is 11.1. The lowest BCUT2D eigenvalue weighted by Gasteiger charge is -2.15. The molecule has 0 amide bonds. The highest BCUT2D eigenvalue weighted by Gasteiger charge is 2.41. The fourth-order valence-corrected chi connectivity index (χ4v) is 4.61. The van der Waals surface area contributed by atoms with Crippen LogP contribution in [0.4, 0.5) is 4.39 Å². The van der Waals surface area contributed by atoms with Gasteiger partial charge in [-0.15, -0.1) is 0 Å². The van der Waals surface area contributed by atoms with Crippen molar-refractivity contribution in [2.45, 2.75) is 45.3 Å². The third kappa shape index (κ3) is 5.64. The summed E-state index contributed by atoms with van der Waals surface area (Å²) in [5, 5.41) is 9.36. The van der Waals surface area contributed by atoms with E-state index >= 15 is 4.39 Å². The second-order valence-electron chi connectivity index (χ2n) is 9.98. The number of hydrogen-bond acceptors (Lipinski definition) is 7. The maximum absolute atomic E-state index is 15.3. The van der Waals surface area contributed by atoms with Crippen LogP contribution in [0.3, 0.4) is 0 Å². The first-order valence-corrected chi connectivity index (χ1v) is 13.4. The molecule has 2 aromatic heterocycles. The number of halogens is 3. The van der Waals surface area contributed by atoms with Crippen molar-refractivity contribution in [2.24, 2.45) is 5.92 Å². The highest BCUT2D eigenvalue weighted by atomic mass is 35.5. The van der Waals surface area contributed by atoms with E-state index in [0.29, 0.717) is 51.4 Å². The van der Waals surface area contributed by atoms with Crippen molar-refractivity contribution in [1.82, 2.24) is 19.5 Å². The molecular weight excluding hydrogens is 562 g/mol. The number of nitrogens with zero attached hydrogens (tertiary/aromatic N) is 4. The van der Waals surface area contributed by atoms with Crippen LogP contribution in [0.25, 0.3) is 22.6 Å². The van der Waals surface area contributed by atoms with E-state index in [2.05, 4.69) is 9.97 Å². The third-order valence-electron chi connectivity index (χ3n) is 6.91. The number of carbonyl (C=O) groups is 1. The zero-order chi connectivity index (χ0) is 28.6. The minimum absolute atomic E-state index is 0.0171. The number of hydrogen-bond donors (Lipinski definition) is 1. The van der Waals surface area contributed by atoms with Crippen molar-refractivity contribution in [3.8, 4) is 28.8 Å². The Kier molecular flexibility index (Phi) is 7.74. The van der Waals surface area contributed by atoms with E-state index in [9.17, 15) is 4.79 Å². The predicted molar refractivity (Wildman–Crippen MR) is 148 cm³/mol. The predicted octanol–water partition coefficient (Wildman–Crippen LogP) is 6.42. The summed E-state index contributed by atoms with van der Waals surface area (Å²) in [4.78, 5) is 24.7. The summed E-state index contributed by atoms with van der Waals surface area (Å²) in [6.45, 7) is 3.81. The molecule has 0 spiro atoms. The number of aromatic nitrogens is 4. The molecule has 2 heterocycles. The van der Waals surface area contributed by atoms with Crippen LogP contribution < -0.4 is 14.2 Å². The van der Waals surface area contributed by atoms with Crippen molar-refractivity contribution < 1.29 is 28.5 Å². The van der Waals surface area contributed by atoms with Crippen LogP contribution in [0.2, 0.25) is 10.0 Å². The molecule has 5 rings (SSSR count). The highest BCUT2D eigenvalue weighted by molar-refractivity contribution is 6.33. The molecule has 4 aromatic rings. The number of fused-ring (bicyclic) bond motifs is 1. The molecule has 12 heteroatoms. The largest absolute Gasteiger partial charge is 0.496 e. The van der Waals surface area contributed by atoms with E-state index in [1.54, 1.807) is 35.8 Å². The summed E-state index contributed by atoms with van der Waals surface area (Å²) in [5.74, 6) is -0.515. The molecule has 1 saturated carbocycles. The summed E-state index contributed by atoms with van der Waals surface area (Å²) in [7, 11) is 1.45. The molecule has 40 heavy (non-hydrogen) atoms. The van der Waals surface area contributed by atoms with Crippen LogP contribution in [0.15, 0.2) is 36.7 Å². The minimum Gasteiger partial charge on any atom is -0.496 e. The van der Waals surface area contributed by atoms with Gasteiger partial charge < -0.3 is 23.9 Å². The van der Waals surface area contributed by atoms with Crippen LogP contribution in [0, 0.1) is 11.7 Å². The standard InChI is InChI=1S/C28H27Cl2FN4O5/c1-15(27(36)37)8-11-39-16-4-5-17(20(30)12-16)24-34-23-25(32-14-33-26(23)40-28(2)9-10-28)35(24)13-18-21(38-3)7-6-19(29)22(18)31/h4-7,12,14-15H,8-11,13H2,1-3H3,(H,36,37)/t15-/m1/s1. The number of benzene rings is 2. The Morgan fingerprint density at radius 3 is 2.65 bits per heavy atom. The molecular formula is C28H27Cl2FN4O5. The quantitative estimate of drug-likeness (QED) is 0.214.